The Labute approximate surface area is 88.8 Å². The third-order valence-electron chi connectivity index (χ3n) is 1.67. The summed E-state index contributed by atoms with van der Waals surface area (Å²) in [7, 11) is 0. The molecule has 0 saturated carbocycles. The van der Waals surface area contributed by atoms with Crippen molar-refractivity contribution in [1.82, 2.24) is 5.32 Å². The van der Waals surface area contributed by atoms with Gasteiger partial charge in [0.2, 0.25) is 5.91 Å². The fraction of sp³-hybridized carbons (Fsp3) is 0.750. The molecular weight excluding hydrogens is 204 g/mol. The third-order valence-corrected chi connectivity index (χ3v) is 2.77. The molecule has 13 heavy (non-hydrogen) atoms. The van der Waals surface area contributed by atoms with Crippen molar-refractivity contribution >= 4 is 34.9 Å². The predicted octanol–water partition coefficient (Wildman–Crippen LogP) is 0.778. The van der Waals surface area contributed by atoms with Crippen LogP contribution in [-0.2, 0) is 4.79 Å². The molecule has 0 saturated heterocycles. The average Bonchev–Trinajstić information content (AvgIpc) is 2.01. The highest BCUT2D eigenvalue weighted by Gasteiger charge is 2.21. The summed E-state index contributed by atoms with van der Waals surface area (Å²) in [5.41, 5.74) is 5.20. The zero-order chi connectivity index (χ0) is 10.5. The van der Waals surface area contributed by atoms with E-state index in [1.54, 1.807) is 0 Å². The number of carbonyl (C=O) groups excluding carboxylic acids is 1. The van der Waals surface area contributed by atoms with Crippen LogP contribution in [0, 0.1) is 5.41 Å². The number of carbonyl (C=O) groups is 1. The lowest BCUT2D eigenvalue weighted by atomic mass is 9.94. The first kappa shape index (κ1) is 12.7. The molecule has 1 amide bonds. The highest BCUT2D eigenvalue weighted by atomic mass is 32.2. The summed E-state index contributed by atoms with van der Waals surface area (Å²) in [5, 5.41) is 2.78. The van der Waals surface area contributed by atoms with E-state index in [-0.39, 0.29) is 11.3 Å². The molecule has 0 atom stereocenters. The highest BCUT2D eigenvalue weighted by molar-refractivity contribution is 7.99. The Balaban J connectivity index is 3.88. The van der Waals surface area contributed by atoms with E-state index in [0.717, 1.165) is 0 Å². The van der Waals surface area contributed by atoms with Crippen LogP contribution in [0.15, 0.2) is 0 Å². The van der Waals surface area contributed by atoms with E-state index in [9.17, 15) is 4.79 Å². The van der Waals surface area contributed by atoms with Gasteiger partial charge in [0.15, 0.2) is 0 Å². The Morgan fingerprint density at radius 2 is 2.15 bits per heavy atom. The smallest absolute Gasteiger partial charge is 0.230 e. The first-order valence-electron chi connectivity index (χ1n) is 3.95. The van der Waals surface area contributed by atoms with Gasteiger partial charge in [-0.05, 0) is 6.26 Å². The maximum atomic E-state index is 11.1. The molecule has 76 valence electrons. The van der Waals surface area contributed by atoms with Crippen molar-refractivity contribution in [2.45, 2.75) is 13.8 Å². The summed E-state index contributed by atoms with van der Waals surface area (Å²) >= 11 is 6.36. The van der Waals surface area contributed by atoms with Gasteiger partial charge >= 0.3 is 0 Å². The second-order valence-electron chi connectivity index (χ2n) is 3.46. The topological polar surface area (TPSA) is 55.1 Å². The molecule has 0 fully saturated rings. The van der Waals surface area contributed by atoms with Crippen LogP contribution in [-0.4, -0.2) is 29.4 Å². The number of hydrogen-bond donors (Lipinski definition) is 2. The standard InChI is InChI=1S/C8H16N2OS2/c1-8(2,7(9)12)5-10-6(11)4-13-3/h4-5H2,1-3H3,(H2,9,12)(H,10,11). The highest BCUT2D eigenvalue weighted by Crippen LogP contribution is 2.13. The number of nitrogens with two attached hydrogens (primary N) is 1. The van der Waals surface area contributed by atoms with E-state index >= 15 is 0 Å². The van der Waals surface area contributed by atoms with E-state index in [0.29, 0.717) is 17.3 Å². The number of thiocarbonyl (C=S) groups is 1. The van der Waals surface area contributed by atoms with Gasteiger partial charge in [-0.2, -0.15) is 11.8 Å². The van der Waals surface area contributed by atoms with Crippen LogP contribution in [0.2, 0.25) is 0 Å². The van der Waals surface area contributed by atoms with Gasteiger partial charge in [-0.1, -0.05) is 26.1 Å². The van der Waals surface area contributed by atoms with Crippen LogP contribution in [0.3, 0.4) is 0 Å². The van der Waals surface area contributed by atoms with E-state index in [2.05, 4.69) is 5.32 Å². The molecule has 0 heterocycles. The van der Waals surface area contributed by atoms with Gasteiger partial charge in [0.05, 0.1) is 10.7 Å². The molecule has 0 aromatic rings. The molecule has 0 aliphatic heterocycles. The molecule has 0 aromatic heterocycles. The number of rotatable bonds is 5. The first-order chi connectivity index (χ1) is 5.90. The quantitative estimate of drug-likeness (QED) is 0.672. The maximum Gasteiger partial charge on any atom is 0.230 e. The van der Waals surface area contributed by atoms with Crippen LogP contribution in [0.25, 0.3) is 0 Å². The summed E-state index contributed by atoms with van der Waals surface area (Å²) < 4.78 is 0. The summed E-state index contributed by atoms with van der Waals surface area (Å²) in [6, 6.07) is 0. The van der Waals surface area contributed by atoms with E-state index in [4.69, 9.17) is 18.0 Å². The Hall–Kier alpha value is -0.290. The molecule has 0 bridgehead atoms. The molecule has 0 aliphatic carbocycles. The van der Waals surface area contributed by atoms with E-state index in [1.165, 1.54) is 11.8 Å². The number of hydrogen-bond acceptors (Lipinski definition) is 3. The lowest BCUT2D eigenvalue weighted by Gasteiger charge is -2.23. The zero-order valence-corrected chi connectivity index (χ0v) is 9.85. The van der Waals surface area contributed by atoms with Crippen molar-refractivity contribution < 1.29 is 4.79 Å². The SMILES string of the molecule is CSCC(=O)NCC(C)(C)C(N)=S. The van der Waals surface area contributed by atoms with Crippen molar-refractivity contribution in [3.8, 4) is 0 Å². The second-order valence-corrected chi connectivity index (χ2v) is 4.76. The summed E-state index contributed by atoms with van der Waals surface area (Å²) in [5.74, 6) is 0.504. The molecule has 5 heteroatoms. The fourth-order valence-corrected chi connectivity index (χ4v) is 1.03. The number of amides is 1. The molecule has 0 aromatic carbocycles. The Morgan fingerprint density at radius 1 is 1.62 bits per heavy atom. The van der Waals surface area contributed by atoms with Gasteiger partial charge in [-0.15, -0.1) is 0 Å². The molecule has 0 radical (unpaired) electrons. The molecule has 0 spiro atoms. The minimum absolute atomic E-state index is 0.0248. The predicted molar refractivity (Wildman–Crippen MR) is 62.0 cm³/mol. The molecule has 3 nitrogen and oxygen atoms in total. The summed E-state index contributed by atoms with van der Waals surface area (Å²) in [6.07, 6.45) is 1.89. The fourth-order valence-electron chi connectivity index (χ4n) is 0.589. The van der Waals surface area contributed by atoms with Crippen LogP contribution in [0.1, 0.15) is 13.8 Å². The van der Waals surface area contributed by atoms with Crippen LogP contribution in [0.4, 0.5) is 0 Å². The van der Waals surface area contributed by atoms with Gasteiger partial charge in [0.25, 0.3) is 0 Å². The first-order valence-corrected chi connectivity index (χ1v) is 5.76. The van der Waals surface area contributed by atoms with Crippen molar-refractivity contribution in [2.24, 2.45) is 11.1 Å². The molecular formula is C8H16N2OS2. The van der Waals surface area contributed by atoms with Gasteiger partial charge < -0.3 is 11.1 Å². The average molecular weight is 220 g/mol. The Bertz CT molecular complexity index is 204. The third kappa shape index (κ3) is 5.10. The lowest BCUT2D eigenvalue weighted by Crippen LogP contribution is -2.42. The van der Waals surface area contributed by atoms with Gasteiger partial charge in [0.1, 0.15) is 0 Å². The van der Waals surface area contributed by atoms with E-state index in [1.807, 2.05) is 20.1 Å². The minimum atomic E-state index is -0.302. The normalized spacial score (nSPS) is 11.0. The number of nitrogens with one attached hydrogen (secondary N) is 1. The molecule has 0 aliphatic rings. The maximum absolute atomic E-state index is 11.1. The van der Waals surface area contributed by atoms with Gasteiger partial charge in [-0.3, -0.25) is 4.79 Å². The second kappa shape index (κ2) is 5.44. The zero-order valence-electron chi connectivity index (χ0n) is 8.22. The van der Waals surface area contributed by atoms with Crippen molar-refractivity contribution in [1.29, 1.82) is 0 Å². The monoisotopic (exact) mass is 220 g/mol. The molecule has 0 unspecified atom stereocenters. The molecule has 3 N–H and O–H groups in total. The van der Waals surface area contributed by atoms with Crippen LogP contribution >= 0.6 is 24.0 Å². The Morgan fingerprint density at radius 3 is 2.54 bits per heavy atom. The molecule has 0 rings (SSSR count). The van der Waals surface area contributed by atoms with Gasteiger partial charge in [-0.25, -0.2) is 0 Å². The van der Waals surface area contributed by atoms with Crippen molar-refractivity contribution in [3.63, 3.8) is 0 Å². The van der Waals surface area contributed by atoms with Crippen LogP contribution in [0.5, 0.6) is 0 Å². The van der Waals surface area contributed by atoms with Gasteiger partial charge in [0, 0.05) is 12.0 Å². The van der Waals surface area contributed by atoms with Crippen molar-refractivity contribution in [3.05, 3.63) is 0 Å². The Kier molecular flexibility index (Phi) is 5.32. The van der Waals surface area contributed by atoms with Crippen LogP contribution < -0.4 is 11.1 Å². The largest absolute Gasteiger partial charge is 0.393 e. The van der Waals surface area contributed by atoms with Crippen molar-refractivity contribution in [2.75, 3.05) is 18.6 Å². The summed E-state index contributed by atoms with van der Waals surface area (Å²) in [4.78, 5) is 11.5. The summed E-state index contributed by atoms with van der Waals surface area (Å²) in [6.45, 7) is 4.32. The lowest BCUT2D eigenvalue weighted by molar-refractivity contribution is -0.118. The van der Waals surface area contributed by atoms with E-state index < -0.39 is 0 Å². The number of thioether (sulfide) groups is 1. The minimum Gasteiger partial charge on any atom is -0.393 e.